The van der Waals surface area contributed by atoms with Crippen molar-refractivity contribution in [2.24, 2.45) is 0 Å². The smallest absolute Gasteiger partial charge is 0.341 e. The van der Waals surface area contributed by atoms with Crippen LogP contribution < -0.4 is 0 Å². The van der Waals surface area contributed by atoms with E-state index < -0.39 is 21.8 Å². The molecule has 4 rings (SSSR count). The highest BCUT2D eigenvalue weighted by atomic mass is 32.2. The molecule has 164 valence electrons. The van der Waals surface area contributed by atoms with E-state index in [-0.39, 0.29) is 17.1 Å². The molecule has 0 amide bonds. The third kappa shape index (κ3) is 4.18. The highest BCUT2D eigenvalue weighted by molar-refractivity contribution is 7.89. The Morgan fingerprint density at radius 2 is 1.94 bits per heavy atom. The van der Waals surface area contributed by atoms with Gasteiger partial charge in [-0.3, -0.25) is 0 Å². The first-order valence-corrected chi connectivity index (χ1v) is 11.3. The lowest BCUT2D eigenvalue weighted by atomic mass is 10.2. The number of sulfonamides is 1. The number of carbonyl (C=O) groups is 1. The normalized spacial score (nSPS) is 15.3. The molecule has 1 saturated heterocycles. The van der Waals surface area contributed by atoms with Crippen LogP contribution in [-0.2, 0) is 32.6 Å². The Morgan fingerprint density at radius 1 is 1.19 bits per heavy atom. The van der Waals surface area contributed by atoms with Gasteiger partial charge in [-0.2, -0.15) is 4.31 Å². The first kappa shape index (κ1) is 21.4. The molecule has 10 heteroatoms. The van der Waals surface area contributed by atoms with Crippen molar-refractivity contribution in [2.45, 2.75) is 25.0 Å². The average Bonchev–Trinajstić information content (AvgIpc) is 3.15. The highest BCUT2D eigenvalue weighted by Gasteiger charge is 2.27. The first-order valence-electron chi connectivity index (χ1n) is 9.90. The van der Waals surface area contributed by atoms with Crippen LogP contribution in [0, 0.1) is 5.82 Å². The number of esters is 1. The quantitative estimate of drug-likeness (QED) is 0.540. The van der Waals surface area contributed by atoms with Crippen molar-refractivity contribution >= 4 is 27.0 Å². The maximum atomic E-state index is 13.8. The number of morpholine rings is 1. The number of benzene rings is 2. The standard InChI is InChI=1S/C21H22FN3O5S/c1-2-25-19-8-7-15(31(27,28)24-9-11-29-12-10-24)13-18(19)23-20(25)14-30-21(26)16-5-3-4-6-17(16)22/h3-8,13H,2,9-12,14H2,1H3. The Balaban J connectivity index is 1.60. The van der Waals surface area contributed by atoms with E-state index in [1.54, 1.807) is 18.2 Å². The number of carbonyl (C=O) groups excluding carboxylic acids is 1. The van der Waals surface area contributed by atoms with E-state index in [4.69, 9.17) is 9.47 Å². The van der Waals surface area contributed by atoms with Gasteiger partial charge >= 0.3 is 5.97 Å². The second kappa shape index (κ2) is 8.74. The molecule has 2 heterocycles. The molecule has 0 spiro atoms. The molecule has 0 radical (unpaired) electrons. The lowest BCUT2D eigenvalue weighted by Gasteiger charge is -2.26. The minimum atomic E-state index is -3.65. The summed E-state index contributed by atoms with van der Waals surface area (Å²) >= 11 is 0. The van der Waals surface area contributed by atoms with Crippen LogP contribution in [0.5, 0.6) is 0 Å². The summed E-state index contributed by atoms with van der Waals surface area (Å²) in [6.07, 6.45) is 0. The average molecular weight is 447 g/mol. The molecule has 0 saturated carbocycles. The Bertz CT molecular complexity index is 1220. The van der Waals surface area contributed by atoms with Gasteiger partial charge in [0.25, 0.3) is 0 Å². The lowest BCUT2D eigenvalue weighted by Crippen LogP contribution is -2.40. The highest BCUT2D eigenvalue weighted by Crippen LogP contribution is 2.24. The number of nitrogens with zero attached hydrogens (tertiary/aromatic N) is 3. The van der Waals surface area contributed by atoms with E-state index in [0.29, 0.717) is 44.2 Å². The molecule has 2 aromatic carbocycles. The fourth-order valence-corrected chi connectivity index (χ4v) is 4.98. The summed E-state index contributed by atoms with van der Waals surface area (Å²) in [5.74, 6) is -0.999. The zero-order chi connectivity index (χ0) is 22.0. The summed E-state index contributed by atoms with van der Waals surface area (Å²) in [6, 6.07) is 10.4. The van der Waals surface area contributed by atoms with Crippen molar-refractivity contribution < 1.29 is 27.1 Å². The minimum absolute atomic E-state index is 0.151. The summed E-state index contributed by atoms with van der Waals surface area (Å²) in [6.45, 7) is 3.62. The van der Waals surface area contributed by atoms with Crippen LogP contribution in [0.3, 0.4) is 0 Å². The van der Waals surface area contributed by atoms with Crippen LogP contribution in [0.2, 0.25) is 0 Å². The second-order valence-corrected chi connectivity index (χ2v) is 8.93. The zero-order valence-electron chi connectivity index (χ0n) is 17.0. The fourth-order valence-electron chi connectivity index (χ4n) is 3.55. The number of hydrogen-bond donors (Lipinski definition) is 0. The molecular formula is C21H22FN3O5S. The van der Waals surface area contributed by atoms with Crippen molar-refractivity contribution in [3.8, 4) is 0 Å². The molecular weight excluding hydrogens is 425 g/mol. The van der Waals surface area contributed by atoms with E-state index in [1.165, 1.54) is 28.6 Å². The third-order valence-electron chi connectivity index (χ3n) is 5.15. The Kier molecular flexibility index (Phi) is 6.03. The molecule has 0 bridgehead atoms. The van der Waals surface area contributed by atoms with E-state index in [2.05, 4.69) is 4.98 Å². The predicted octanol–water partition coefficient (Wildman–Crippen LogP) is 2.57. The van der Waals surface area contributed by atoms with Gasteiger partial charge in [-0.1, -0.05) is 12.1 Å². The summed E-state index contributed by atoms with van der Waals surface area (Å²) in [4.78, 5) is 16.8. The van der Waals surface area contributed by atoms with Crippen LogP contribution >= 0.6 is 0 Å². The maximum Gasteiger partial charge on any atom is 0.341 e. The van der Waals surface area contributed by atoms with Gasteiger partial charge < -0.3 is 14.0 Å². The Hall–Kier alpha value is -2.82. The Labute approximate surface area is 179 Å². The SMILES string of the molecule is CCn1c(COC(=O)c2ccccc2F)nc2cc(S(=O)(=O)N3CCOCC3)ccc21. The van der Waals surface area contributed by atoms with Gasteiger partial charge in [0.05, 0.1) is 34.7 Å². The van der Waals surface area contributed by atoms with Crippen molar-refractivity contribution in [1.29, 1.82) is 0 Å². The van der Waals surface area contributed by atoms with Gasteiger partial charge in [-0.15, -0.1) is 0 Å². The van der Waals surface area contributed by atoms with Gasteiger partial charge in [0.1, 0.15) is 18.2 Å². The van der Waals surface area contributed by atoms with Crippen molar-refractivity contribution in [1.82, 2.24) is 13.9 Å². The van der Waals surface area contributed by atoms with Gasteiger partial charge in [0, 0.05) is 19.6 Å². The molecule has 3 aromatic rings. The maximum absolute atomic E-state index is 13.8. The Morgan fingerprint density at radius 3 is 2.65 bits per heavy atom. The molecule has 1 fully saturated rings. The molecule has 1 aromatic heterocycles. The number of fused-ring (bicyclic) bond motifs is 1. The predicted molar refractivity (Wildman–Crippen MR) is 111 cm³/mol. The molecule has 0 N–H and O–H groups in total. The number of halogens is 1. The number of imidazole rings is 1. The summed E-state index contributed by atoms with van der Waals surface area (Å²) in [5.41, 5.74) is 1.05. The van der Waals surface area contributed by atoms with Crippen LogP contribution in [0.15, 0.2) is 47.4 Å². The molecule has 0 unspecified atom stereocenters. The molecule has 8 nitrogen and oxygen atoms in total. The van der Waals surface area contributed by atoms with E-state index >= 15 is 0 Å². The number of aromatic nitrogens is 2. The van der Waals surface area contributed by atoms with E-state index in [0.717, 1.165) is 5.52 Å². The van der Waals surface area contributed by atoms with Gasteiger partial charge in [0.15, 0.2) is 0 Å². The van der Waals surface area contributed by atoms with Gasteiger partial charge in [-0.25, -0.2) is 22.6 Å². The number of rotatable bonds is 6. The van der Waals surface area contributed by atoms with Crippen LogP contribution in [0.1, 0.15) is 23.1 Å². The monoisotopic (exact) mass is 447 g/mol. The second-order valence-electron chi connectivity index (χ2n) is 7.00. The van der Waals surface area contributed by atoms with Crippen molar-refractivity contribution in [3.63, 3.8) is 0 Å². The van der Waals surface area contributed by atoms with Gasteiger partial charge in [0.2, 0.25) is 10.0 Å². The van der Waals surface area contributed by atoms with Crippen LogP contribution in [0.4, 0.5) is 4.39 Å². The molecule has 1 aliphatic rings. The topological polar surface area (TPSA) is 90.7 Å². The minimum Gasteiger partial charge on any atom is -0.454 e. The molecule has 1 aliphatic heterocycles. The van der Waals surface area contributed by atoms with Crippen molar-refractivity contribution in [2.75, 3.05) is 26.3 Å². The first-order chi connectivity index (χ1) is 14.9. The number of ether oxygens (including phenoxy) is 2. The molecule has 0 aliphatic carbocycles. The zero-order valence-corrected chi connectivity index (χ0v) is 17.8. The summed E-state index contributed by atoms with van der Waals surface area (Å²) in [7, 11) is -3.65. The lowest BCUT2D eigenvalue weighted by molar-refractivity contribution is 0.0453. The third-order valence-corrected chi connectivity index (χ3v) is 7.04. The van der Waals surface area contributed by atoms with Crippen molar-refractivity contribution in [3.05, 3.63) is 59.7 Å². The van der Waals surface area contributed by atoms with Crippen LogP contribution in [0.25, 0.3) is 11.0 Å². The van der Waals surface area contributed by atoms with E-state index in [1.807, 2.05) is 11.5 Å². The largest absolute Gasteiger partial charge is 0.454 e. The molecule has 0 atom stereocenters. The van der Waals surface area contributed by atoms with E-state index in [9.17, 15) is 17.6 Å². The summed E-state index contributed by atoms with van der Waals surface area (Å²) in [5, 5.41) is 0. The number of aryl methyl sites for hydroxylation is 1. The fraction of sp³-hybridized carbons (Fsp3) is 0.333. The van der Waals surface area contributed by atoms with Crippen LogP contribution in [-0.4, -0.2) is 54.5 Å². The van der Waals surface area contributed by atoms with Gasteiger partial charge in [-0.05, 0) is 37.3 Å². The summed E-state index contributed by atoms with van der Waals surface area (Å²) < 4.78 is 53.4. The number of hydrogen-bond acceptors (Lipinski definition) is 6. The molecule has 31 heavy (non-hydrogen) atoms.